The summed E-state index contributed by atoms with van der Waals surface area (Å²) in [5, 5.41) is 3.38. The molecule has 1 amide bonds. The van der Waals surface area contributed by atoms with Crippen molar-refractivity contribution in [3.05, 3.63) is 52.8 Å². The molecule has 0 unspecified atom stereocenters. The lowest BCUT2D eigenvalue weighted by Crippen LogP contribution is -2.39. The molecular formula is C18H21ClFN3O. The molecule has 0 fully saturated rings. The number of fused-ring (bicyclic) bond motifs is 1. The van der Waals surface area contributed by atoms with Gasteiger partial charge in [0.25, 0.3) is 0 Å². The standard InChI is InChI=1S/C18H21ClFN3O/c1-11(2)17(14-4-3-13(19)10-15(14)20)22-18(24)12-5-7-23-8-6-21-16(23)9-12/h3-4,6,8,10-12,17H,5,7,9H2,1-2H3,(H,22,24)/t12-,17+/m1/s1. The third-order valence-electron chi connectivity index (χ3n) is 4.58. The molecule has 128 valence electrons. The fourth-order valence-corrected chi connectivity index (χ4v) is 3.36. The van der Waals surface area contributed by atoms with Gasteiger partial charge in [-0.15, -0.1) is 0 Å². The molecule has 0 bridgehead atoms. The highest BCUT2D eigenvalue weighted by Crippen LogP contribution is 2.28. The van der Waals surface area contributed by atoms with E-state index in [1.54, 1.807) is 18.3 Å². The molecule has 4 nitrogen and oxygen atoms in total. The normalized spacial score (nSPS) is 18.3. The number of amides is 1. The van der Waals surface area contributed by atoms with Crippen molar-refractivity contribution in [3.8, 4) is 0 Å². The van der Waals surface area contributed by atoms with Gasteiger partial charge >= 0.3 is 0 Å². The van der Waals surface area contributed by atoms with Crippen LogP contribution in [0, 0.1) is 17.7 Å². The minimum absolute atomic E-state index is 0.0442. The van der Waals surface area contributed by atoms with Crippen LogP contribution in [0.2, 0.25) is 5.02 Å². The molecule has 0 spiro atoms. The number of nitrogens with zero attached hydrogens (tertiary/aromatic N) is 2. The van der Waals surface area contributed by atoms with Crippen LogP contribution in [0.5, 0.6) is 0 Å². The third-order valence-corrected chi connectivity index (χ3v) is 4.82. The predicted molar refractivity (Wildman–Crippen MR) is 91.2 cm³/mol. The lowest BCUT2D eigenvalue weighted by molar-refractivity contribution is -0.126. The van der Waals surface area contributed by atoms with Gasteiger partial charge in [-0.05, 0) is 24.5 Å². The number of imidazole rings is 1. The van der Waals surface area contributed by atoms with Gasteiger partial charge in [-0.25, -0.2) is 9.37 Å². The molecule has 0 saturated heterocycles. The number of benzene rings is 1. The van der Waals surface area contributed by atoms with Crippen LogP contribution in [0.15, 0.2) is 30.6 Å². The van der Waals surface area contributed by atoms with Crippen molar-refractivity contribution in [2.75, 3.05) is 0 Å². The predicted octanol–water partition coefficient (Wildman–Crippen LogP) is 3.75. The molecule has 1 N–H and O–H groups in total. The summed E-state index contributed by atoms with van der Waals surface area (Å²) < 4.78 is 16.3. The number of halogens is 2. The number of nitrogens with one attached hydrogen (secondary N) is 1. The van der Waals surface area contributed by atoms with Crippen LogP contribution in [-0.2, 0) is 17.8 Å². The molecular weight excluding hydrogens is 329 g/mol. The summed E-state index contributed by atoms with van der Waals surface area (Å²) in [6.45, 7) is 4.72. The first-order valence-electron chi connectivity index (χ1n) is 8.21. The van der Waals surface area contributed by atoms with Crippen molar-refractivity contribution in [2.24, 2.45) is 11.8 Å². The Morgan fingerprint density at radius 1 is 1.46 bits per heavy atom. The van der Waals surface area contributed by atoms with Gasteiger partial charge < -0.3 is 9.88 Å². The molecule has 1 aliphatic rings. The Morgan fingerprint density at radius 2 is 2.25 bits per heavy atom. The second kappa shape index (κ2) is 6.93. The molecule has 2 atom stereocenters. The first-order chi connectivity index (χ1) is 11.5. The van der Waals surface area contributed by atoms with Crippen molar-refractivity contribution in [2.45, 2.75) is 39.3 Å². The van der Waals surface area contributed by atoms with E-state index in [0.29, 0.717) is 17.0 Å². The third kappa shape index (κ3) is 3.46. The van der Waals surface area contributed by atoms with Gasteiger partial charge in [0.2, 0.25) is 5.91 Å². The number of hydrogen-bond acceptors (Lipinski definition) is 2. The first kappa shape index (κ1) is 17.0. The summed E-state index contributed by atoms with van der Waals surface area (Å²) in [4.78, 5) is 17.0. The van der Waals surface area contributed by atoms with Crippen LogP contribution < -0.4 is 5.32 Å². The molecule has 2 aromatic rings. The Balaban J connectivity index is 1.75. The average Bonchev–Trinajstić information content (AvgIpc) is 3.00. The van der Waals surface area contributed by atoms with E-state index in [0.717, 1.165) is 18.8 Å². The molecule has 0 saturated carbocycles. The summed E-state index contributed by atoms with van der Waals surface area (Å²) in [7, 11) is 0. The summed E-state index contributed by atoms with van der Waals surface area (Å²) in [5.74, 6) is 0.435. The van der Waals surface area contributed by atoms with E-state index in [2.05, 4.69) is 14.9 Å². The maximum atomic E-state index is 14.3. The highest BCUT2D eigenvalue weighted by atomic mass is 35.5. The molecule has 6 heteroatoms. The number of aromatic nitrogens is 2. The number of aryl methyl sites for hydroxylation is 1. The summed E-state index contributed by atoms with van der Waals surface area (Å²) in [6.07, 6.45) is 5.08. The van der Waals surface area contributed by atoms with Crippen LogP contribution in [0.1, 0.15) is 37.7 Å². The zero-order chi connectivity index (χ0) is 17.3. The van der Waals surface area contributed by atoms with Gasteiger partial charge in [-0.2, -0.15) is 0 Å². The Bertz CT molecular complexity index is 744. The van der Waals surface area contributed by atoms with Gasteiger partial charge in [-0.1, -0.05) is 31.5 Å². The summed E-state index contributed by atoms with van der Waals surface area (Å²) >= 11 is 5.83. The van der Waals surface area contributed by atoms with Crippen LogP contribution >= 0.6 is 11.6 Å². The molecule has 1 aromatic heterocycles. The Kier molecular flexibility index (Phi) is 4.90. The molecule has 0 radical (unpaired) electrons. The van der Waals surface area contributed by atoms with Crippen LogP contribution in [-0.4, -0.2) is 15.5 Å². The Hall–Kier alpha value is -1.88. The quantitative estimate of drug-likeness (QED) is 0.913. The van der Waals surface area contributed by atoms with Gasteiger partial charge in [0.1, 0.15) is 11.6 Å². The smallest absolute Gasteiger partial charge is 0.224 e. The molecule has 3 rings (SSSR count). The van der Waals surface area contributed by atoms with Gasteiger partial charge in [0, 0.05) is 41.9 Å². The maximum Gasteiger partial charge on any atom is 0.224 e. The van der Waals surface area contributed by atoms with Crippen molar-refractivity contribution in [1.29, 1.82) is 0 Å². The number of carbonyl (C=O) groups excluding carboxylic acids is 1. The highest BCUT2D eigenvalue weighted by molar-refractivity contribution is 6.30. The van der Waals surface area contributed by atoms with E-state index in [9.17, 15) is 9.18 Å². The van der Waals surface area contributed by atoms with Crippen molar-refractivity contribution in [1.82, 2.24) is 14.9 Å². The summed E-state index contributed by atoms with van der Waals surface area (Å²) in [6, 6.07) is 4.21. The fourth-order valence-electron chi connectivity index (χ4n) is 3.20. The number of rotatable bonds is 4. The van der Waals surface area contributed by atoms with Crippen molar-refractivity contribution >= 4 is 17.5 Å². The van der Waals surface area contributed by atoms with Crippen molar-refractivity contribution < 1.29 is 9.18 Å². The summed E-state index contributed by atoms with van der Waals surface area (Å²) in [5.41, 5.74) is 0.472. The maximum absolute atomic E-state index is 14.3. The fraction of sp³-hybridized carbons (Fsp3) is 0.444. The largest absolute Gasteiger partial charge is 0.349 e. The molecule has 1 aliphatic heterocycles. The second-order valence-corrected chi connectivity index (χ2v) is 7.06. The van der Waals surface area contributed by atoms with E-state index in [-0.39, 0.29) is 29.6 Å². The SMILES string of the molecule is CC(C)[C@H](NC(=O)[C@@H]1CCn2ccnc2C1)c1ccc(Cl)cc1F. The average molecular weight is 350 g/mol. The Labute approximate surface area is 146 Å². The van der Waals surface area contributed by atoms with E-state index in [1.807, 2.05) is 20.0 Å². The monoisotopic (exact) mass is 349 g/mol. The first-order valence-corrected chi connectivity index (χ1v) is 8.59. The molecule has 24 heavy (non-hydrogen) atoms. The van der Waals surface area contributed by atoms with Gasteiger partial charge in [0.15, 0.2) is 0 Å². The molecule has 0 aliphatic carbocycles. The zero-order valence-electron chi connectivity index (χ0n) is 13.8. The van der Waals surface area contributed by atoms with Gasteiger partial charge in [-0.3, -0.25) is 4.79 Å². The lowest BCUT2D eigenvalue weighted by Gasteiger charge is -2.28. The lowest BCUT2D eigenvalue weighted by atomic mass is 9.92. The van der Waals surface area contributed by atoms with E-state index < -0.39 is 0 Å². The number of carbonyl (C=O) groups is 1. The van der Waals surface area contributed by atoms with Crippen molar-refractivity contribution in [3.63, 3.8) is 0 Å². The molecule has 1 aromatic carbocycles. The number of hydrogen-bond donors (Lipinski definition) is 1. The topological polar surface area (TPSA) is 46.9 Å². The molecule has 2 heterocycles. The minimum atomic E-state index is -0.388. The van der Waals surface area contributed by atoms with Crippen LogP contribution in [0.25, 0.3) is 0 Å². The Morgan fingerprint density at radius 3 is 2.96 bits per heavy atom. The van der Waals surface area contributed by atoms with E-state index in [1.165, 1.54) is 6.07 Å². The van der Waals surface area contributed by atoms with Crippen LogP contribution in [0.3, 0.4) is 0 Å². The van der Waals surface area contributed by atoms with Gasteiger partial charge in [0.05, 0.1) is 6.04 Å². The zero-order valence-corrected chi connectivity index (χ0v) is 14.6. The second-order valence-electron chi connectivity index (χ2n) is 6.62. The van der Waals surface area contributed by atoms with E-state index >= 15 is 0 Å². The van der Waals surface area contributed by atoms with Crippen LogP contribution in [0.4, 0.5) is 4.39 Å². The highest BCUT2D eigenvalue weighted by Gasteiger charge is 2.29. The minimum Gasteiger partial charge on any atom is -0.349 e. The van der Waals surface area contributed by atoms with E-state index in [4.69, 9.17) is 11.6 Å².